The molecule has 0 bridgehead atoms. The van der Waals surface area contributed by atoms with Gasteiger partial charge in [0.15, 0.2) is 0 Å². The van der Waals surface area contributed by atoms with Crippen LogP contribution in [0.25, 0.3) is 55.7 Å². The Morgan fingerprint density at radius 2 is 1.56 bits per heavy atom. The third-order valence-corrected chi connectivity index (χ3v) is 10.1. The van der Waals surface area contributed by atoms with Crippen LogP contribution in [0.15, 0.2) is 91.0 Å². The average Bonchev–Trinajstić information content (AvgIpc) is 3.50. The summed E-state index contributed by atoms with van der Waals surface area (Å²) in [6, 6.07) is 25.6. The second-order valence-electron chi connectivity index (χ2n) is 12.1. The SMILES string of the molecule is COC(=O)c1ccc2c(c1)nc(-c1ccc3nc(-c4cc(OS(=O)(=O)C(F)(F)F)ccc4-c4ccc(Cl)cc4)ccc3c1)n2C1CCCCC1. The number of hydrogen-bond donors (Lipinski definition) is 0. The number of carbonyl (C=O) groups is 1. The van der Waals surface area contributed by atoms with E-state index < -0.39 is 27.3 Å². The van der Waals surface area contributed by atoms with Crippen molar-refractivity contribution in [3.63, 3.8) is 0 Å². The van der Waals surface area contributed by atoms with Crippen LogP contribution >= 0.6 is 11.6 Å². The topological polar surface area (TPSA) is 100 Å². The number of pyridine rings is 1. The van der Waals surface area contributed by atoms with E-state index in [9.17, 15) is 26.4 Å². The second kappa shape index (κ2) is 13.1. The highest BCUT2D eigenvalue weighted by atomic mass is 35.5. The molecule has 256 valence electrons. The van der Waals surface area contributed by atoms with Gasteiger partial charge in [0, 0.05) is 27.6 Å². The maximum Gasteiger partial charge on any atom is 0.534 e. The van der Waals surface area contributed by atoms with Crippen molar-refractivity contribution in [3.05, 3.63) is 102 Å². The Morgan fingerprint density at radius 3 is 2.28 bits per heavy atom. The van der Waals surface area contributed by atoms with Crippen molar-refractivity contribution < 1.29 is 35.3 Å². The Hall–Kier alpha value is -4.94. The Labute approximate surface area is 290 Å². The Morgan fingerprint density at radius 1 is 0.820 bits per heavy atom. The summed E-state index contributed by atoms with van der Waals surface area (Å²) in [7, 11) is -4.56. The van der Waals surface area contributed by atoms with Gasteiger partial charge in [-0.1, -0.05) is 49.1 Å². The summed E-state index contributed by atoms with van der Waals surface area (Å²) in [5, 5.41) is 1.27. The standard InChI is InChI=1S/C37H29ClF3N3O5S/c1-48-36(45)25-11-18-34-33(20-25)43-35(44(34)27-5-3-2-4-6-27)24-10-16-31-23(19-24)9-17-32(42-31)30-21-28(49-50(46,47)37(39,40)41)14-15-29(30)22-7-12-26(38)13-8-22/h7-21,27H,2-6H2,1H3. The predicted octanol–water partition coefficient (Wildman–Crippen LogP) is 9.76. The number of carbonyl (C=O) groups excluding carboxylic acids is 1. The van der Waals surface area contributed by atoms with Crippen LogP contribution in [0.2, 0.25) is 5.02 Å². The van der Waals surface area contributed by atoms with Gasteiger partial charge in [-0.05, 0) is 96.8 Å². The maximum absolute atomic E-state index is 13.1. The molecule has 0 radical (unpaired) electrons. The van der Waals surface area contributed by atoms with Crippen molar-refractivity contribution >= 4 is 49.6 Å². The fourth-order valence-corrected chi connectivity index (χ4v) is 7.09. The number of benzene rings is 4. The van der Waals surface area contributed by atoms with E-state index in [1.807, 2.05) is 30.3 Å². The third kappa shape index (κ3) is 6.40. The van der Waals surface area contributed by atoms with Crippen LogP contribution in [0.1, 0.15) is 48.5 Å². The molecule has 1 fully saturated rings. The van der Waals surface area contributed by atoms with Crippen molar-refractivity contribution in [2.75, 3.05) is 7.11 Å². The molecule has 0 saturated heterocycles. The van der Waals surface area contributed by atoms with E-state index in [4.69, 9.17) is 26.3 Å². The van der Waals surface area contributed by atoms with E-state index in [0.717, 1.165) is 54.0 Å². The van der Waals surface area contributed by atoms with Gasteiger partial charge in [0.1, 0.15) is 11.6 Å². The highest BCUT2D eigenvalue weighted by molar-refractivity contribution is 7.88. The van der Waals surface area contributed by atoms with Crippen LogP contribution < -0.4 is 4.18 Å². The number of hydrogen-bond acceptors (Lipinski definition) is 7. The monoisotopic (exact) mass is 719 g/mol. The van der Waals surface area contributed by atoms with E-state index in [-0.39, 0.29) is 6.04 Å². The zero-order valence-electron chi connectivity index (χ0n) is 26.6. The first-order valence-corrected chi connectivity index (χ1v) is 17.6. The van der Waals surface area contributed by atoms with E-state index in [2.05, 4.69) is 8.75 Å². The van der Waals surface area contributed by atoms with Crippen LogP contribution in [-0.2, 0) is 14.9 Å². The molecule has 1 saturated carbocycles. The van der Waals surface area contributed by atoms with Crippen molar-refractivity contribution in [2.45, 2.75) is 43.7 Å². The van der Waals surface area contributed by atoms with Gasteiger partial charge in [-0.2, -0.15) is 21.6 Å². The number of nitrogens with zero attached hydrogens (tertiary/aromatic N) is 3. The number of halogens is 4. The van der Waals surface area contributed by atoms with Gasteiger partial charge in [-0.15, -0.1) is 0 Å². The zero-order valence-corrected chi connectivity index (χ0v) is 28.1. The first kappa shape index (κ1) is 33.6. The number of esters is 1. The van der Waals surface area contributed by atoms with Crippen LogP contribution in [0.5, 0.6) is 5.75 Å². The molecule has 0 amide bonds. The van der Waals surface area contributed by atoms with Crippen molar-refractivity contribution in [1.29, 1.82) is 0 Å². The summed E-state index contributed by atoms with van der Waals surface area (Å²) in [4.78, 5) is 22.1. The fourth-order valence-electron chi connectivity index (χ4n) is 6.51. The van der Waals surface area contributed by atoms with Crippen molar-refractivity contribution in [3.8, 4) is 39.5 Å². The minimum absolute atomic E-state index is 0.242. The summed E-state index contributed by atoms with van der Waals surface area (Å²) in [5.74, 6) is -0.184. The summed E-state index contributed by atoms with van der Waals surface area (Å²) in [5.41, 5.74) is -0.120. The minimum Gasteiger partial charge on any atom is -0.465 e. The lowest BCUT2D eigenvalue weighted by Gasteiger charge is -2.25. The number of ether oxygens (including phenoxy) is 1. The molecule has 1 aliphatic carbocycles. The Bertz CT molecular complexity index is 2370. The molecule has 0 atom stereocenters. The molecular weight excluding hydrogens is 691 g/mol. The third-order valence-electron chi connectivity index (χ3n) is 8.91. The molecule has 0 spiro atoms. The van der Waals surface area contributed by atoms with E-state index in [0.29, 0.717) is 44.0 Å². The second-order valence-corrected chi connectivity index (χ2v) is 14.1. The van der Waals surface area contributed by atoms with Gasteiger partial charge in [0.05, 0.1) is 34.9 Å². The fraction of sp³-hybridized carbons (Fsp3) is 0.216. The lowest BCUT2D eigenvalue weighted by atomic mass is 9.94. The smallest absolute Gasteiger partial charge is 0.465 e. The largest absolute Gasteiger partial charge is 0.534 e. The van der Waals surface area contributed by atoms with Crippen molar-refractivity contribution in [2.24, 2.45) is 0 Å². The van der Waals surface area contributed by atoms with Gasteiger partial charge >= 0.3 is 21.6 Å². The van der Waals surface area contributed by atoms with Crippen LogP contribution in [0, 0.1) is 0 Å². The first-order valence-electron chi connectivity index (χ1n) is 15.8. The predicted molar refractivity (Wildman–Crippen MR) is 185 cm³/mol. The number of methoxy groups -OCH3 is 1. The van der Waals surface area contributed by atoms with Crippen LogP contribution in [0.3, 0.4) is 0 Å². The minimum atomic E-state index is -5.90. The molecule has 13 heteroatoms. The lowest BCUT2D eigenvalue weighted by molar-refractivity contribution is -0.0500. The summed E-state index contributed by atoms with van der Waals surface area (Å²) in [6.07, 6.45) is 5.43. The molecule has 4 aromatic carbocycles. The van der Waals surface area contributed by atoms with Gasteiger partial charge in [-0.3, -0.25) is 0 Å². The molecule has 0 N–H and O–H groups in total. The molecule has 2 aromatic heterocycles. The molecule has 50 heavy (non-hydrogen) atoms. The molecule has 8 nitrogen and oxygen atoms in total. The van der Waals surface area contributed by atoms with Gasteiger partial charge in [-0.25, -0.2) is 14.8 Å². The molecule has 1 aliphatic rings. The van der Waals surface area contributed by atoms with Crippen LogP contribution in [0.4, 0.5) is 13.2 Å². The first-order chi connectivity index (χ1) is 23.9. The quantitative estimate of drug-likeness (QED) is 0.0920. The zero-order chi connectivity index (χ0) is 35.2. The molecule has 0 aliphatic heterocycles. The highest BCUT2D eigenvalue weighted by Gasteiger charge is 2.48. The maximum atomic E-state index is 13.1. The molecular formula is C37H29ClF3N3O5S. The number of fused-ring (bicyclic) bond motifs is 2. The summed E-state index contributed by atoms with van der Waals surface area (Å²) in [6.45, 7) is 0. The number of aromatic nitrogens is 3. The van der Waals surface area contributed by atoms with E-state index >= 15 is 0 Å². The number of alkyl halides is 3. The molecule has 0 unspecified atom stereocenters. The van der Waals surface area contributed by atoms with Crippen LogP contribution in [-0.4, -0.2) is 41.5 Å². The van der Waals surface area contributed by atoms with Gasteiger partial charge in [0.25, 0.3) is 0 Å². The normalized spacial score (nSPS) is 14.3. The highest BCUT2D eigenvalue weighted by Crippen LogP contribution is 2.39. The average molecular weight is 720 g/mol. The number of imidazole rings is 1. The number of rotatable bonds is 7. The van der Waals surface area contributed by atoms with E-state index in [1.165, 1.54) is 25.7 Å². The van der Waals surface area contributed by atoms with Crippen molar-refractivity contribution in [1.82, 2.24) is 14.5 Å². The van der Waals surface area contributed by atoms with E-state index in [1.54, 1.807) is 42.5 Å². The Balaban J connectivity index is 1.32. The molecule has 7 rings (SSSR count). The summed E-state index contributed by atoms with van der Waals surface area (Å²) < 4.78 is 74.7. The Kier molecular flexibility index (Phi) is 8.77. The lowest BCUT2D eigenvalue weighted by Crippen LogP contribution is -2.28. The van der Waals surface area contributed by atoms with Gasteiger partial charge < -0.3 is 13.5 Å². The summed E-state index contributed by atoms with van der Waals surface area (Å²) >= 11 is 6.09. The molecule has 2 heterocycles. The molecule has 6 aromatic rings. The van der Waals surface area contributed by atoms with Gasteiger partial charge in [0.2, 0.25) is 0 Å².